The number of nitro benzene ring substituents is 1. The molecule has 7 heteroatoms. The highest BCUT2D eigenvalue weighted by Crippen LogP contribution is 2.27. The molecule has 0 aliphatic rings. The molecule has 0 saturated heterocycles. The number of carbonyl (C=O) groups is 1. The van der Waals surface area contributed by atoms with E-state index >= 15 is 0 Å². The molecule has 2 rings (SSSR count). The first kappa shape index (κ1) is 14.5. The molecule has 0 unspecified atom stereocenters. The average Bonchev–Trinajstić information content (AvgIpc) is 2.49. The molecule has 2 aromatic rings. The number of non-ortho nitro benzene ring substituents is 1. The van der Waals surface area contributed by atoms with E-state index in [9.17, 15) is 14.9 Å². The fraction of sp³-hybridized carbons (Fsp3) is 0. The van der Waals surface area contributed by atoms with Crippen LogP contribution in [0.4, 0.5) is 11.4 Å². The van der Waals surface area contributed by atoms with Crippen molar-refractivity contribution in [2.75, 3.05) is 5.32 Å². The van der Waals surface area contributed by atoms with E-state index < -0.39 is 10.8 Å². The number of nitro groups is 1. The molecule has 0 saturated carbocycles. The van der Waals surface area contributed by atoms with Crippen LogP contribution in [0.25, 0.3) is 0 Å². The van der Waals surface area contributed by atoms with Crippen molar-refractivity contribution in [1.29, 1.82) is 5.26 Å². The number of rotatable bonds is 3. The number of anilines is 1. The van der Waals surface area contributed by atoms with Crippen LogP contribution >= 0.6 is 11.6 Å². The van der Waals surface area contributed by atoms with Gasteiger partial charge >= 0.3 is 0 Å². The van der Waals surface area contributed by atoms with Crippen LogP contribution in [0.2, 0.25) is 5.02 Å². The van der Waals surface area contributed by atoms with Gasteiger partial charge in [0.15, 0.2) is 0 Å². The van der Waals surface area contributed by atoms with Gasteiger partial charge in [-0.1, -0.05) is 11.6 Å². The minimum Gasteiger partial charge on any atom is -0.321 e. The second-order valence-corrected chi connectivity index (χ2v) is 4.47. The van der Waals surface area contributed by atoms with Crippen LogP contribution < -0.4 is 5.32 Å². The van der Waals surface area contributed by atoms with Crippen molar-refractivity contribution in [1.82, 2.24) is 0 Å². The Balaban J connectivity index is 2.19. The standard InChI is InChI=1S/C14H8ClN3O3/c15-12-7-11(18(20)21)5-6-13(12)17-14(19)10-3-1-9(8-16)2-4-10/h1-7H,(H,17,19). The first-order valence-electron chi connectivity index (χ1n) is 5.76. The Morgan fingerprint density at radius 1 is 1.24 bits per heavy atom. The first-order valence-corrected chi connectivity index (χ1v) is 6.14. The Kier molecular flexibility index (Phi) is 4.16. The van der Waals surface area contributed by atoms with E-state index in [1.807, 2.05) is 6.07 Å². The number of carbonyl (C=O) groups excluding carboxylic acids is 1. The van der Waals surface area contributed by atoms with Gasteiger partial charge in [-0.05, 0) is 30.3 Å². The summed E-state index contributed by atoms with van der Waals surface area (Å²) in [6.07, 6.45) is 0. The highest BCUT2D eigenvalue weighted by molar-refractivity contribution is 6.34. The number of amides is 1. The summed E-state index contributed by atoms with van der Waals surface area (Å²) in [7, 11) is 0. The third-order valence-corrected chi connectivity index (χ3v) is 3.00. The molecule has 0 fully saturated rings. The van der Waals surface area contributed by atoms with Crippen molar-refractivity contribution in [3.8, 4) is 6.07 Å². The summed E-state index contributed by atoms with van der Waals surface area (Å²) in [4.78, 5) is 22.0. The van der Waals surface area contributed by atoms with Gasteiger partial charge in [-0.15, -0.1) is 0 Å². The maximum absolute atomic E-state index is 12.0. The van der Waals surface area contributed by atoms with Crippen molar-refractivity contribution < 1.29 is 9.72 Å². The molecule has 2 aromatic carbocycles. The Morgan fingerprint density at radius 3 is 2.43 bits per heavy atom. The molecule has 0 spiro atoms. The molecular weight excluding hydrogens is 294 g/mol. The van der Waals surface area contributed by atoms with Gasteiger partial charge in [0.25, 0.3) is 11.6 Å². The summed E-state index contributed by atoms with van der Waals surface area (Å²) in [5.41, 5.74) is 0.913. The number of nitrogens with zero attached hydrogens (tertiary/aromatic N) is 2. The lowest BCUT2D eigenvalue weighted by atomic mass is 10.1. The highest BCUT2D eigenvalue weighted by atomic mass is 35.5. The predicted octanol–water partition coefficient (Wildman–Crippen LogP) is 3.37. The second-order valence-electron chi connectivity index (χ2n) is 4.06. The van der Waals surface area contributed by atoms with Crippen LogP contribution in [0.15, 0.2) is 42.5 Å². The number of halogens is 1. The molecule has 0 heterocycles. The van der Waals surface area contributed by atoms with Gasteiger partial charge in [-0.2, -0.15) is 5.26 Å². The van der Waals surface area contributed by atoms with Crippen LogP contribution in [-0.4, -0.2) is 10.8 Å². The van der Waals surface area contributed by atoms with Gasteiger partial charge in [0.1, 0.15) is 0 Å². The zero-order chi connectivity index (χ0) is 15.4. The van der Waals surface area contributed by atoms with Crippen LogP contribution in [0, 0.1) is 21.4 Å². The third-order valence-electron chi connectivity index (χ3n) is 2.69. The van der Waals surface area contributed by atoms with E-state index in [4.69, 9.17) is 16.9 Å². The molecule has 1 amide bonds. The molecule has 0 bridgehead atoms. The van der Waals surface area contributed by atoms with Crippen molar-refractivity contribution >= 4 is 28.9 Å². The molecule has 21 heavy (non-hydrogen) atoms. The zero-order valence-electron chi connectivity index (χ0n) is 10.5. The van der Waals surface area contributed by atoms with Gasteiger partial charge in [-0.25, -0.2) is 0 Å². The summed E-state index contributed by atoms with van der Waals surface area (Å²) in [6, 6.07) is 11.8. The molecule has 6 nitrogen and oxygen atoms in total. The van der Waals surface area contributed by atoms with E-state index in [-0.39, 0.29) is 16.4 Å². The van der Waals surface area contributed by atoms with Gasteiger partial charge < -0.3 is 5.32 Å². The maximum Gasteiger partial charge on any atom is 0.271 e. The number of hydrogen-bond donors (Lipinski definition) is 1. The number of nitriles is 1. The van der Waals surface area contributed by atoms with E-state index in [1.54, 1.807) is 0 Å². The minimum atomic E-state index is -0.571. The Bertz CT molecular complexity index is 751. The summed E-state index contributed by atoms with van der Waals surface area (Å²) in [5, 5.41) is 21.9. The van der Waals surface area contributed by atoms with Crippen LogP contribution in [0.3, 0.4) is 0 Å². The molecule has 1 N–H and O–H groups in total. The summed E-state index contributed by atoms with van der Waals surface area (Å²) < 4.78 is 0. The smallest absolute Gasteiger partial charge is 0.271 e. The summed E-state index contributed by atoms with van der Waals surface area (Å²) in [5.74, 6) is -0.421. The lowest BCUT2D eigenvalue weighted by Crippen LogP contribution is -2.12. The molecule has 0 aliphatic heterocycles. The van der Waals surface area contributed by atoms with E-state index in [1.165, 1.54) is 36.4 Å². The number of nitrogens with one attached hydrogen (secondary N) is 1. The van der Waals surface area contributed by atoms with Gasteiger partial charge in [-0.3, -0.25) is 14.9 Å². The summed E-state index contributed by atoms with van der Waals surface area (Å²) in [6.45, 7) is 0. The van der Waals surface area contributed by atoms with Crippen LogP contribution in [0.1, 0.15) is 15.9 Å². The van der Waals surface area contributed by atoms with E-state index in [0.29, 0.717) is 11.1 Å². The fourth-order valence-electron chi connectivity index (χ4n) is 1.61. The van der Waals surface area contributed by atoms with Gasteiger partial charge in [0, 0.05) is 17.7 Å². The highest BCUT2D eigenvalue weighted by Gasteiger charge is 2.12. The fourth-order valence-corrected chi connectivity index (χ4v) is 1.83. The molecule has 0 atom stereocenters. The maximum atomic E-state index is 12.0. The summed E-state index contributed by atoms with van der Waals surface area (Å²) >= 11 is 5.89. The molecule has 0 aliphatic carbocycles. The SMILES string of the molecule is N#Cc1ccc(C(=O)Nc2ccc([N+](=O)[O-])cc2Cl)cc1. The van der Waals surface area contributed by atoms with Crippen molar-refractivity contribution in [3.05, 3.63) is 68.7 Å². The lowest BCUT2D eigenvalue weighted by Gasteiger charge is -2.07. The van der Waals surface area contributed by atoms with Gasteiger partial charge in [0.2, 0.25) is 0 Å². The van der Waals surface area contributed by atoms with Crippen molar-refractivity contribution in [2.45, 2.75) is 0 Å². The Morgan fingerprint density at radius 2 is 1.90 bits per heavy atom. The zero-order valence-corrected chi connectivity index (χ0v) is 11.3. The topological polar surface area (TPSA) is 96.0 Å². The normalized spacial score (nSPS) is 9.71. The Hall–Kier alpha value is -2.91. The van der Waals surface area contributed by atoms with E-state index in [0.717, 1.165) is 6.07 Å². The second kappa shape index (κ2) is 6.03. The molecule has 104 valence electrons. The third kappa shape index (κ3) is 3.35. The monoisotopic (exact) mass is 301 g/mol. The number of hydrogen-bond acceptors (Lipinski definition) is 4. The lowest BCUT2D eigenvalue weighted by molar-refractivity contribution is -0.384. The van der Waals surface area contributed by atoms with E-state index in [2.05, 4.69) is 5.32 Å². The molecule has 0 radical (unpaired) electrons. The molecular formula is C14H8ClN3O3. The Labute approximate surface area is 124 Å². The average molecular weight is 302 g/mol. The van der Waals surface area contributed by atoms with Crippen LogP contribution in [0.5, 0.6) is 0 Å². The predicted molar refractivity (Wildman–Crippen MR) is 77.2 cm³/mol. The minimum absolute atomic E-state index is 0.0752. The number of benzene rings is 2. The van der Waals surface area contributed by atoms with Crippen molar-refractivity contribution in [3.63, 3.8) is 0 Å². The largest absolute Gasteiger partial charge is 0.321 e. The first-order chi connectivity index (χ1) is 10.0. The van der Waals surface area contributed by atoms with Crippen LogP contribution in [-0.2, 0) is 0 Å². The van der Waals surface area contributed by atoms with Crippen molar-refractivity contribution in [2.24, 2.45) is 0 Å². The quantitative estimate of drug-likeness (QED) is 0.694. The molecule has 0 aromatic heterocycles. The van der Waals surface area contributed by atoms with Gasteiger partial charge in [0.05, 0.1) is 27.3 Å².